The van der Waals surface area contributed by atoms with Gasteiger partial charge in [0.25, 0.3) is 0 Å². The zero-order valence-electron chi connectivity index (χ0n) is 9.50. The van der Waals surface area contributed by atoms with Crippen LogP contribution in [0.5, 0.6) is 5.75 Å². The first-order valence-corrected chi connectivity index (χ1v) is 6.69. The van der Waals surface area contributed by atoms with E-state index in [1.807, 2.05) is 42.5 Å². The molecule has 0 radical (unpaired) electrons. The van der Waals surface area contributed by atoms with E-state index in [2.05, 4.69) is 0 Å². The normalized spacial score (nSPS) is 10.4. The third kappa shape index (κ3) is 3.55. The largest absolute Gasteiger partial charge is 0.487 e. The fraction of sp³-hybridized carbons (Fsp3) is 0.143. The quantitative estimate of drug-likeness (QED) is 0.695. The lowest BCUT2D eigenvalue weighted by Crippen LogP contribution is -1.96. The number of alkyl halides is 1. The molecule has 0 aliphatic heterocycles. The lowest BCUT2D eigenvalue weighted by molar-refractivity contribution is 0.306. The van der Waals surface area contributed by atoms with Gasteiger partial charge in [0.1, 0.15) is 12.4 Å². The van der Waals surface area contributed by atoms with E-state index in [1.54, 1.807) is 0 Å². The average molecular weight is 302 g/mol. The minimum Gasteiger partial charge on any atom is -0.487 e. The number of benzene rings is 2. The lowest BCUT2D eigenvalue weighted by Gasteiger charge is -2.09. The molecule has 2 rings (SSSR count). The molecular weight excluding hydrogens is 291 g/mol. The SMILES string of the molecule is ClCc1ccc(OCc2ccc(Cl)cc2)c(Cl)c1. The minimum absolute atomic E-state index is 0.442. The van der Waals surface area contributed by atoms with Crippen molar-refractivity contribution in [2.75, 3.05) is 0 Å². The van der Waals surface area contributed by atoms with E-state index < -0.39 is 0 Å². The summed E-state index contributed by atoms with van der Waals surface area (Å²) in [6, 6.07) is 13.0. The second kappa shape index (κ2) is 6.33. The molecule has 0 atom stereocenters. The van der Waals surface area contributed by atoms with Crippen molar-refractivity contribution in [3.63, 3.8) is 0 Å². The van der Waals surface area contributed by atoms with Crippen molar-refractivity contribution in [3.8, 4) is 5.75 Å². The Kier molecular flexibility index (Phi) is 4.76. The average Bonchev–Trinajstić information content (AvgIpc) is 2.39. The van der Waals surface area contributed by atoms with Crippen LogP contribution in [-0.2, 0) is 12.5 Å². The van der Waals surface area contributed by atoms with Gasteiger partial charge in [0.2, 0.25) is 0 Å². The number of rotatable bonds is 4. The van der Waals surface area contributed by atoms with E-state index in [-0.39, 0.29) is 0 Å². The van der Waals surface area contributed by atoms with Gasteiger partial charge in [-0.15, -0.1) is 11.6 Å². The Morgan fingerprint density at radius 2 is 1.56 bits per heavy atom. The maximum atomic E-state index is 6.09. The third-order valence-corrected chi connectivity index (χ3v) is 3.31. The molecule has 94 valence electrons. The van der Waals surface area contributed by atoms with E-state index in [4.69, 9.17) is 39.5 Å². The van der Waals surface area contributed by atoms with Crippen LogP contribution in [0.1, 0.15) is 11.1 Å². The lowest BCUT2D eigenvalue weighted by atomic mass is 10.2. The highest BCUT2D eigenvalue weighted by atomic mass is 35.5. The summed E-state index contributed by atoms with van der Waals surface area (Å²) in [6.07, 6.45) is 0. The smallest absolute Gasteiger partial charge is 0.138 e. The molecule has 0 saturated carbocycles. The van der Waals surface area contributed by atoms with Crippen LogP contribution in [0.25, 0.3) is 0 Å². The van der Waals surface area contributed by atoms with E-state index in [1.165, 1.54) is 0 Å². The molecule has 0 aliphatic carbocycles. The molecule has 18 heavy (non-hydrogen) atoms. The zero-order chi connectivity index (χ0) is 13.0. The summed E-state index contributed by atoms with van der Waals surface area (Å²) in [5.41, 5.74) is 2.01. The van der Waals surface area contributed by atoms with Crippen LogP contribution >= 0.6 is 34.8 Å². The number of halogens is 3. The van der Waals surface area contributed by atoms with Crippen LogP contribution < -0.4 is 4.74 Å². The molecule has 0 saturated heterocycles. The van der Waals surface area contributed by atoms with Gasteiger partial charge in [0.15, 0.2) is 0 Å². The van der Waals surface area contributed by atoms with Crippen molar-refractivity contribution >= 4 is 34.8 Å². The predicted molar refractivity (Wildman–Crippen MR) is 76.8 cm³/mol. The van der Waals surface area contributed by atoms with Crippen molar-refractivity contribution in [1.29, 1.82) is 0 Å². The van der Waals surface area contributed by atoms with Gasteiger partial charge in [0.05, 0.1) is 5.02 Å². The molecule has 2 aromatic carbocycles. The van der Waals surface area contributed by atoms with Gasteiger partial charge in [-0.3, -0.25) is 0 Å². The highest BCUT2D eigenvalue weighted by Gasteiger charge is 2.03. The Balaban J connectivity index is 2.04. The zero-order valence-corrected chi connectivity index (χ0v) is 11.8. The minimum atomic E-state index is 0.442. The van der Waals surface area contributed by atoms with E-state index in [0.717, 1.165) is 11.1 Å². The molecule has 0 amide bonds. The van der Waals surface area contributed by atoms with Crippen molar-refractivity contribution in [2.24, 2.45) is 0 Å². The Hall–Kier alpha value is -0.890. The van der Waals surface area contributed by atoms with Crippen molar-refractivity contribution < 1.29 is 4.74 Å². The summed E-state index contributed by atoms with van der Waals surface area (Å²) in [7, 11) is 0. The fourth-order valence-electron chi connectivity index (χ4n) is 1.49. The highest BCUT2D eigenvalue weighted by Crippen LogP contribution is 2.27. The predicted octanol–water partition coefficient (Wildman–Crippen LogP) is 5.31. The summed E-state index contributed by atoms with van der Waals surface area (Å²) in [5.74, 6) is 1.09. The Morgan fingerprint density at radius 1 is 0.889 bits per heavy atom. The van der Waals surface area contributed by atoms with Crippen LogP contribution in [0.15, 0.2) is 42.5 Å². The first-order valence-electron chi connectivity index (χ1n) is 5.40. The van der Waals surface area contributed by atoms with Crippen molar-refractivity contribution in [2.45, 2.75) is 12.5 Å². The Bertz CT molecular complexity index is 523. The molecule has 2 aromatic rings. The standard InChI is InChI=1S/C14H11Cl3O/c15-8-11-3-6-14(13(17)7-11)18-9-10-1-4-12(16)5-2-10/h1-7H,8-9H2. The monoisotopic (exact) mass is 300 g/mol. The fourth-order valence-corrected chi connectivity index (χ4v) is 2.04. The molecule has 0 unspecified atom stereocenters. The van der Waals surface area contributed by atoms with Gasteiger partial charge in [-0.1, -0.05) is 41.4 Å². The van der Waals surface area contributed by atoms with Gasteiger partial charge >= 0.3 is 0 Å². The molecule has 4 heteroatoms. The molecule has 0 N–H and O–H groups in total. The molecule has 0 aliphatic rings. The van der Waals surface area contributed by atoms with Gasteiger partial charge in [-0.25, -0.2) is 0 Å². The van der Waals surface area contributed by atoms with Crippen molar-refractivity contribution in [1.82, 2.24) is 0 Å². The second-order valence-electron chi connectivity index (χ2n) is 3.81. The maximum Gasteiger partial charge on any atom is 0.138 e. The summed E-state index contributed by atoms with van der Waals surface area (Å²) in [6.45, 7) is 0.455. The maximum absolute atomic E-state index is 6.09. The first-order chi connectivity index (χ1) is 8.69. The van der Waals surface area contributed by atoms with Crippen LogP contribution in [0.2, 0.25) is 10.0 Å². The van der Waals surface area contributed by atoms with Crippen LogP contribution in [0.3, 0.4) is 0 Å². The summed E-state index contributed by atoms with van der Waals surface area (Å²) < 4.78 is 5.64. The van der Waals surface area contributed by atoms with Gasteiger partial charge in [0, 0.05) is 10.9 Å². The van der Waals surface area contributed by atoms with Crippen LogP contribution in [0, 0.1) is 0 Å². The topological polar surface area (TPSA) is 9.23 Å². The van der Waals surface area contributed by atoms with Gasteiger partial charge in [-0.05, 0) is 35.4 Å². The summed E-state index contributed by atoms with van der Waals surface area (Å²) >= 11 is 17.6. The van der Waals surface area contributed by atoms with Crippen LogP contribution in [-0.4, -0.2) is 0 Å². The number of hydrogen-bond donors (Lipinski definition) is 0. The first kappa shape index (κ1) is 13.5. The second-order valence-corrected chi connectivity index (χ2v) is 4.92. The Labute approximate surface area is 121 Å². The molecule has 1 nitrogen and oxygen atoms in total. The van der Waals surface area contributed by atoms with E-state index in [0.29, 0.717) is 28.3 Å². The molecule has 0 bridgehead atoms. The van der Waals surface area contributed by atoms with Gasteiger partial charge < -0.3 is 4.74 Å². The van der Waals surface area contributed by atoms with Crippen molar-refractivity contribution in [3.05, 3.63) is 63.6 Å². The van der Waals surface area contributed by atoms with E-state index >= 15 is 0 Å². The van der Waals surface area contributed by atoms with Gasteiger partial charge in [-0.2, -0.15) is 0 Å². The van der Waals surface area contributed by atoms with E-state index in [9.17, 15) is 0 Å². The summed E-state index contributed by atoms with van der Waals surface area (Å²) in [5, 5.41) is 1.28. The molecule has 0 spiro atoms. The third-order valence-electron chi connectivity index (χ3n) is 2.46. The Morgan fingerprint density at radius 3 is 2.17 bits per heavy atom. The van der Waals surface area contributed by atoms with Crippen LogP contribution in [0.4, 0.5) is 0 Å². The highest BCUT2D eigenvalue weighted by molar-refractivity contribution is 6.32. The number of ether oxygens (including phenoxy) is 1. The molecule has 0 aromatic heterocycles. The molecular formula is C14H11Cl3O. The summed E-state index contributed by atoms with van der Waals surface area (Å²) in [4.78, 5) is 0. The number of hydrogen-bond acceptors (Lipinski definition) is 1. The molecule has 0 fully saturated rings. The molecule has 0 heterocycles.